The molecule has 2 heterocycles. The van der Waals surface area contributed by atoms with Crippen LogP contribution < -0.4 is 0 Å². The number of amides is 1. The molecule has 0 bridgehead atoms. The number of aromatic amines is 1. The fraction of sp³-hybridized carbons (Fsp3) is 0.636. The second-order valence-corrected chi connectivity index (χ2v) is 4.36. The minimum absolute atomic E-state index is 0.167. The zero-order valence-electron chi connectivity index (χ0n) is 10.2. The molecule has 7 heteroatoms. The summed E-state index contributed by atoms with van der Waals surface area (Å²) in [4.78, 5) is 28.5. The molecule has 0 unspecified atom stereocenters. The van der Waals surface area contributed by atoms with Crippen LogP contribution in [0.2, 0.25) is 0 Å². The maximum Gasteiger partial charge on any atom is 0.306 e. The number of carbonyl (C=O) groups excluding carboxylic acids is 1. The van der Waals surface area contributed by atoms with Crippen LogP contribution in [0.5, 0.6) is 0 Å². The minimum Gasteiger partial charge on any atom is -0.481 e. The fourth-order valence-corrected chi connectivity index (χ4v) is 2.02. The molecule has 98 valence electrons. The van der Waals surface area contributed by atoms with Gasteiger partial charge in [0.15, 0.2) is 0 Å². The van der Waals surface area contributed by atoms with Gasteiger partial charge in [-0.25, -0.2) is 4.98 Å². The number of aliphatic carboxylic acids is 1. The number of carboxylic acid groups (broad SMARTS) is 1. The number of piperidine rings is 1. The van der Waals surface area contributed by atoms with Crippen molar-refractivity contribution < 1.29 is 14.7 Å². The van der Waals surface area contributed by atoms with Gasteiger partial charge in [-0.2, -0.15) is 0 Å². The smallest absolute Gasteiger partial charge is 0.306 e. The Morgan fingerprint density at radius 1 is 1.44 bits per heavy atom. The summed E-state index contributed by atoms with van der Waals surface area (Å²) in [6.45, 7) is 2.82. The number of carbonyl (C=O) groups is 2. The van der Waals surface area contributed by atoms with E-state index >= 15 is 0 Å². The number of nitrogens with zero attached hydrogens (tertiary/aromatic N) is 3. The van der Waals surface area contributed by atoms with E-state index < -0.39 is 5.97 Å². The van der Waals surface area contributed by atoms with Gasteiger partial charge in [0.05, 0.1) is 5.92 Å². The highest BCUT2D eigenvalue weighted by Crippen LogP contribution is 2.18. The summed E-state index contributed by atoms with van der Waals surface area (Å²) in [6.07, 6.45) is 1.68. The van der Waals surface area contributed by atoms with E-state index in [1.165, 1.54) is 0 Å². The van der Waals surface area contributed by atoms with Crippen LogP contribution in [0.1, 0.15) is 36.2 Å². The molecule has 0 saturated carbocycles. The van der Waals surface area contributed by atoms with E-state index in [1.54, 1.807) is 4.90 Å². The molecule has 1 saturated heterocycles. The van der Waals surface area contributed by atoms with Gasteiger partial charge in [0, 0.05) is 19.5 Å². The Bertz CT molecular complexity index is 449. The van der Waals surface area contributed by atoms with Crippen LogP contribution in [-0.2, 0) is 11.2 Å². The number of aryl methyl sites for hydroxylation is 1. The van der Waals surface area contributed by atoms with Gasteiger partial charge in [-0.15, -0.1) is 5.10 Å². The van der Waals surface area contributed by atoms with Gasteiger partial charge in [-0.05, 0) is 12.8 Å². The summed E-state index contributed by atoms with van der Waals surface area (Å²) in [7, 11) is 0. The number of hydrogen-bond donors (Lipinski definition) is 2. The standard InChI is InChI=1S/C11H16N4O3/c1-2-8-12-9(14-13-8)10(16)15-5-3-7(4-6-15)11(17)18/h7H,2-6H2,1H3,(H,17,18)(H,12,13,14). The molecule has 1 amide bonds. The third kappa shape index (κ3) is 2.49. The number of carboxylic acids is 1. The Kier molecular flexibility index (Phi) is 3.59. The Labute approximate surface area is 104 Å². The second kappa shape index (κ2) is 5.16. The van der Waals surface area contributed by atoms with Gasteiger partial charge in [-0.3, -0.25) is 14.7 Å². The predicted molar refractivity (Wildman–Crippen MR) is 62.0 cm³/mol. The lowest BCUT2D eigenvalue weighted by Crippen LogP contribution is -2.40. The van der Waals surface area contributed by atoms with Crippen LogP contribution in [0.25, 0.3) is 0 Å². The maximum atomic E-state index is 12.0. The van der Waals surface area contributed by atoms with Crippen molar-refractivity contribution in [1.82, 2.24) is 20.1 Å². The molecule has 0 aliphatic carbocycles. The first-order chi connectivity index (χ1) is 8.61. The molecule has 0 spiro atoms. The molecule has 0 radical (unpaired) electrons. The van der Waals surface area contributed by atoms with E-state index in [9.17, 15) is 9.59 Å². The van der Waals surface area contributed by atoms with Crippen LogP contribution in [0.4, 0.5) is 0 Å². The monoisotopic (exact) mass is 252 g/mol. The van der Waals surface area contributed by atoms with E-state index in [4.69, 9.17) is 5.11 Å². The van der Waals surface area contributed by atoms with Crippen molar-refractivity contribution in [3.8, 4) is 0 Å². The van der Waals surface area contributed by atoms with Gasteiger partial charge >= 0.3 is 5.97 Å². The van der Waals surface area contributed by atoms with Gasteiger partial charge in [0.25, 0.3) is 5.91 Å². The summed E-state index contributed by atoms with van der Waals surface area (Å²) < 4.78 is 0. The quantitative estimate of drug-likeness (QED) is 0.806. The Morgan fingerprint density at radius 3 is 2.61 bits per heavy atom. The predicted octanol–water partition coefficient (Wildman–Crippen LogP) is 0.304. The molecule has 0 atom stereocenters. The third-order valence-corrected chi connectivity index (χ3v) is 3.19. The van der Waals surface area contributed by atoms with Crippen molar-refractivity contribution in [2.75, 3.05) is 13.1 Å². The normalized spacial score (nSPS) is 16.8. The van der Waals surface area contributed by atoms with Gasteiger partial charge in [0.1, 0.15) is 5.82 Å². The number of likely N-dealkylation sites (tertiary alicyclic amines) is 1. The maximum absolute atomic E-state index is 12.0. The topological polar surface area (TPSA) is 99.2 Å². The third-order valence-electron chi connectivity index (χ3n) is 3.19. The summed E-state index contributed by atoms with van der Waals surface area (Å²) in [5, 5.41) is 15.5. The number of aromatic nitrogens is 3. The Hall–Kier alpha value is -1.92. The van der Waals surface area contributed by atoms with E-state index in [1.807, 2.05) is 6.92 Å². The zero-order chi connectivity index (χ0) is 13.1. The molecule has 0 aromatic carbocycles. The van der Waals surface area contributed by atoms with Gasteiger partial charge in [-0.1, -0.05) is 6.92 Å². The van der Waals surface area contributed by atoms with Crippen molar-refractivity contribution in [3.05, 3.63) is 11.6 Å². The van der Waals surface area contributed by atoms with Crippen molar-refractivity contribution in [2.45, 2.75) is 26.2 Å². The first kappa shape index (κ1) is 12.5. The summed E-state index contributed by atoms with van der Waals surface area (Å²) in [5.41, 5.74) is 0. The van der Waals surface area contributed by atoms with Crippen LogP contribution in [0.15, 0.2) is 0 Å². The Balaban J connectivity index is 1.97. The molecule has 18 heavy (non-hydrogen) atoms. The number of rotatable bonds is 3. The fourth-order valence-electron chi connectivity index (χ4n) is 2.02. The molecule has 2 N–H and O–H groups in total. The first-order valence-electron chi connectivity index (χ1n) is 6.05. The highest BCUT2D eigenvalue weighted by Gasteiger charge is 2.28. The number of H-pyrrole nitrogens is 1. The van der Waals surface area contributed by atoms with E-state index in [0.717, 1.165) is 0 Å². The first-order valence-corrected chi connectivity index (χ1v) is 6.05. The van der Waals surface area contributed by atoms with Crippen LogP contribution >= 0.6 is 0 Å². The zero-order valence-corrected chi connectivity index (χ0v) is 10.2. The molecular weight excluding hydrogens is 236 g/mol. The van der Waals surface area contributed by atoms with Crippen LogP contribution in [0, 0.1) is 5.92 Å². The lowest BCUT2D eigenvalue weighted by molar-refractivity contribution is -0.143. The van der Waals surface area contributed by atoms with E-state index in [-0.39, 0.29) is 17.6 Å². The largest absolute Gasteiger partial charge is 0.481 e. The summed E-state index contributed by atoms with van der Waals surface area (Å²) in [6, 6.07) is 0. The highest BCUT2D eigenvalue weighted by atomic mass is 16.4. The Morgan fingerprint density at radius 2 is 2.11 bits per heavy atom. The van der Waals surface area contributed by atoms with Crippen LogP contribution in [-0.4, -0.2) is 50.2 Å². The summed E-state index contributed by atoms with van der Waals surface area (Å²) in [5.74, 6) is -0.505. The van der Waals surface area contributed by atoms with Crippen molar-refractivity contribution >= 4 is 11.9 Å². The number of hydrogen-bond acceptors (Lipinski definition) is 4. The highest BCUT2D eigenvalue weighted by molar-refractivity contribution is 5.90. The van der Waals surface area contributed by atoms with Crippen LogP contribution in [0.3, 0.4) is 0 Å². The lowest BCUT2D eigenvalue weighted by Gasteiger charge is -2.29. The molecule has 1 fully saturated rings. The van der Waals surface area contributed by atoms with E-state index in [2.05, 4.69) is 15.2 Å². The average molecular weight is 252 g/mol. The molecule has 1 aliphatic rings. The lowest BCUT2D eigenvalue weighted by atomic mass is 9.97. The van der Waals surface area contributed by atoms with Crippen molar-refractivity contribution in [1.29, 1.82) is 0 Å². The average Bonchev–Trinajstić information content (AvgIpc) is 2.86. The van der Waals surface area contributed by atoms with E-state index in [0.29, 0.717) is 38.2 Å². The number of nitrogens with one attached hydrogen (secondary N) is 1. The minimum atomic E-state index is -0.784. The van der Waals surface area contributed by atoms with Gasteiger partial charge in [0.2, 0.25) is 5.82 Å². The van der Waals surface area contributed by atoms with Gasteiger partial charge < -0.3 is 10.0 Å². The molecule has 7 nitrogen and oxygen atoms in total. The second-order valence-electron chi connectivity index (χ2n) is 4.36. The SMILES string of the molecule is CCc1nc(C(=O)N2CCC(C(=O)O)CC2)n[nH]1. The van der Waals surface area contributed by atoms with Crippen molar-refractivity contribution in [3.63, 3.8) is 0 Å². The van der Waals surface area contributed by atoms with Crippen molar-refractivity contribution in [2.24, 2.45) is 5.92 Å². The molecule has 1 aromatic heterocycles. The molecule has 1 aliphatic heterocycles. The molecule has 2 rings (SSSR count). The molecule has 1 aromatic rings. The molecular formula is C11H16N4O3. The summed E-state index contributed by atoms with van der Waals surface area (Å²) >= 11 is 0.